The standard InChI is InChI=1S/C18H27BO2/c1-8-9-10-16-13(2)11-15(12-14(16)3)19-20-17(4,5)18(6,7)21-19/h9-12H,8H2,1-7H3. The van der Waals surface area contributed by atoms with Crippen molar-refractivity contribution in [1.29, 1.82) is 0 Å². The van der Waals surface area contributed by atoms with Crippen LogP contribution in [0, 0.1) is 13.8 Å². The van der Waals surface area contributed by atoms with Crippen LogP contribution in [0.5, 0.6) is 0 Å². The molecular weight excluding hydrogens is 259 g/mol. The SMILES string of the molecule is CCC=Cc1c(C)cc(B2OC(C)(C)C(C)(C)O2)cc1C. The Kier molecular flexibility index (Phi) is 4.37. The summed E-state index contributed by atoms with van der Waals surface area (Å²) in [5.41, 5.74) is 4.36. The Bertz CT molecular complexity index is 519. The molecule has 0 unspecified atom stereocenters. The van der Waals surface area contributed by atoms with Crippen LogP contribution in [0.2, 0.25) is 0 Å². The van der Waals surface area contributed by atoms with Crippen LogP contribution < -0.4 is 5.46 Å². The van der Waals surface area contributed by atoms with Crippen LogP contribution in [0.1, 0.15) is 57.7 Å². The first-order chi connectivity index (χ1) is 9.68. The summed E-state index contributed by atoms with van der Waals surface area (Å²) in [5, 5.41) is 0. The lowest BCUT2D eigenvalue weighted by Gasteiger charge is -2.32. The molecule has 0 atom stereocenters. The summed E-state index contributed by atoms with van der Waals surface area (Å²) in [6, 6.07) is 4.37. The van der Waals surface area contributed by atoms with Gasteiger partial charge in [-0.25, -0.2) is 0 Å². The summed E-state index contributed by atoms with van der Waals surface area (Å²) in [4.78, 5) is 0. The highest BCUT2D eigenvalue weighted by atomic mass is 16.7. The fourth-order valence-corrected chi connectivity index (χ4v) is 2.62. The normalized spacial score (nSPS) is 20.4. The second-order valence-corrected chi connectivity index (χ2v) is 6.97. The summed E-state index contributed by atoms with van der Waals surface area (Å²) in [7, 11) is -0.281. The van der Waals surface area contributed by atoms with Gasteiger partial charge in [0, 0.05) is 0 Å². The minimum absolute atomic E-state index is 0.281. The summed E-state index contributed by atoms with van der Waals surface area (Å²) in [6.07, 6.45) is 5.46. The van der Waals surface area contributed by atoms with E-state index in [0.717, 1.165) is 11.9 Å². The second-order valence-electron chi connectivity index (χ2n) is 6.97. The number of allylic oxidation sites excluding steroid dienone is 1. The summed E-state index contributed by atoms with van der Waals surface area (Å²) in [6.45, 7) is 14.8. The molecule has 1 heterocycles. The molecule has 0 amide bonds. The third kappa shape index (κ3) is 3.09. The molecule has 0 aromatic heterocycles. The van der Waals surface area contributed by atoms with Crippen molar-refractivity contribution in [3.8, 4) is 0 Å². The Morgan fingerprint density at radius 1 is 1.00 bits per heavy atom. The van der Waals surface area contributed by atoms with E-state index in [4.69, 9.17) is 9.31 Å². The van der Waals surface area contributed by atoms with Crippen molar-refractivity contribution in [1.82, 2.24) is 0 Å². The zero-order valence-electron chi connectivity index (χ0n) is 14.4. The molecule has 21 heavy (non-hydrogen) atoms. The topological polar surface area (TPSA) is 18.5 Å². The molecule has 0 saturated carbocycles. The third-order valence-electron chi connectivity index (χ3n) is 4.66. The van der Waals surface area contributed by atoms with E-state index in [0.29, 0.717) is 0 Å². The van der Waals surface area contributed by atoms with Gasteiger partial charge in [0.05, 0.1) is 11.2 Å². The predicted molar refractivity (Wildman–Crippen MR) is 91.0 cm³/mol. The van der Waals surface area contributed by atoms with Gasteiger partial charge >= 0.3 is 7.12 Å². The number of benzene rings is 1. The highest BCUT2D eigenvalue weighted by Crippen LogP contribution is 2.36. The van der Waals surface area contributed by atoms with Crippen molar-refractivity contribution in [2.75, 3.05) is 0 Å². The van der Waals surface area contributed by atoms with Crippen molar-refractivity contribution in [2.24, 2.45) is 0 Å². The largest absolute Gasteiger partial charge is 0.494 e. The third-order valence-corrected chi connectivity index (χ3v) is 4.66. The molecule has 1 fully saturated rings. The monoisotopic (exact) mass is 286 g/mol. The van der Waals surface area contributed by atoms with E-state index in [1.807, 2.05) is 0 Å². The maximum Gasteiger partial charge on any atom is 0.494 e. The van der Waals surface area contributed by atoms with Crippen LogP contribution in [0.3, 0.4) is 0 Å². The molecule has 0 spiro atoms. The molecule has 1 aromatic carbocycles. The molecule has 2 rings (SSSR count). The summed E-state index contributed by atoms with van der Waals surface area (Å²) in [5.74, 6) is 0. The minimum atomic E-state index is -0.291. The average molecular weight is 286 g/mol. The van der Waals surface area contributed by atoms with E-state index in [1.54, 1.807) is 0 Å². The van der Waals surface area contributed by atoms with E-state index in [9.17, 15) is 0 Å². The van der Waals surface area contributed by atoms with Crippen LogP contribution in [-0.4, -0.2) is 18.3 Å². The van der Waals surface area contributed by atoms with Gasteiger partial charge < -0.3 is 9.31 Å². The second kappa shape index (κ2) is 5.62. The van der Waals surface area contributed by atoms with Gasteiger partial charge in [0.1, 0.15) is 0 Å². The Hall–Kier alpha value is -1.06. The Morgan fingerprint density at radius 3 is 1.90 bits per heavy atom. The van der Waals surface area contributed by atoms with E-state index >= 15 is 0 Å². The molecular formula is C18H27BO2. The van der Waals surface area contributed by atoms with Gasteiger partial charge in [-0.1, -0.05) is 31.2 Å². The van der Waals surface area contributed by atoms with Gasteiger partial charge in [0.15, 0.2) is 0 Å². The Labute approximate surface area is 129 Å². The number of rotatable bonds is 3. The maximum atomic E-state index is 6.14. The minimum Gasteiger partial charge on any atom is -0.399 e. The zero-order valence-corrected chi connectivity index (χ0v) is 14.4. The van der Waals surface area contributed by atoms with Crippen LogP contribution in [0.25, 0.3) is 6.08 Å². The highest BCUT2D eigenvalue weighted by Gasteiger charge is 2.51. The molecule has 1 aromatic rings. The van der Waals surface area contributed by atoms with Gasteiger partial charge in [0.2, 0.25) is 0 Å². The van der Waals surface area contributed by atoms with E-state index in [-0.39, 0.29) is 18.3 Å². The number of aryl methyl sites for hydroxylation is 2. The van der Waals surface area contributed by atoms with Crippen molar-refractivity contribution >= 4 is 18.7 Å². The van der Waals surface area contributed by atoms with Crippen molar-refractivity contribution in [3.05, 3.63) is 34.9 Å². The maximum absolute atomic E-state index is 6.14. The van der Waals surface area contributed by atoms with E-state index in [2.05, 4.69) is 72.8 Å². The Morgan fingerprint density at radius 2 is 1.48 bits per heavy atom. The molecule has 1 aliphatic heterocycles. The van der Waals surface area contributed by atoms with E-state index in [1.165, 1.54) is 16.7 Å². The predicted octanol–water partition coefficient (Wildman–Crippen LogP) is 4.03. The van der Waals surface area contributed by atoms with Gasteiger partial charge in [0.25, 0.3) is 0 Å². The molecule has 0 N–H and O–H groups in total. The molecule has 3 heteroatoms. The lowest BCUT2D eigenvalue weighted by Crippen LogP contribution is -2.41. The smallest absolute Gasteiger partial charge is 0.399 e. The fraction of sp³-hybridized carbons (Fsp3) is 0.556. The number of hydrogen-bond acceptors (Lipinski definition) is 2. The highest BCUT2D eigenvalue weighted by molar-refractivity contribution is 6.62. The van der Waals surface area contributed by atoms with Crippen LogP contribution in [0.4, 0.5) is 0 Å². The zero-order chi connectivity index (χ0) is 15.8. The summed E-state index contributed by atoms with van der Waals surface area (Å²) < 4.78 is 12.3. The van der Waals surface area contributed by atoms with Crippen molar-refractivity contribution in [3.63, 3.8) is 0 Å². The molecule has 2 nitrogen and oxygen atoms in total. The lowest BCUT2D eigenvalue weighted by atomic mass is 9.76. The van der Waals surface area contributed by atoms with Gasteiger partial charge in [-0.2, -0.15) is 0 Å². The quantitative estimate of drug-likeness (QED) is 0.781. The van der Waals surface area contributed by atoms with E-state index < -0.39 is 0 Å². The van der Waals surface area contributed by atoms with Crippen LogP contribution in [0.15, 0.2) is 18.2 Å². The Balaban J connectivity index is 2.33. The van der Waals surface area contributed by atoms with Gasteiger partial charge in [-0.15, -0.1) is 0 Å². The fourth-order valence-electron chi connectivity index (χ4n) is 2.62. The average Bonchev–Trinajstić information content (AvgIpc) is 2.57. The van der Waals surface area contributed by atoms with Crippen LogP contribution in [-0.2, 0) is 9.31 Å². The molecule has 114 valence electrons. The number of hydrogen-bond donors (Lipinski definition) is 0. The van der Waals surface area contributed by atoms with Crippen molar-refractivity contribution < 1.29 is 9.31 Å². The first kappa shape index (κ1) is 16.3. The first-order valence-corrected chi connectivity index (χ1v) is 7.81. The summed E-state index contributed by atoms with van der Waals surface area (Å²) >= 11 is 0. The van der Waals surface area contributed by atoms with Gasteiger partial charge in [-0.05, 0) is 70.1 Å². The van der Waals surface area contributed by atoms with Gasteiger partial charge in [-0.3, -0.25) is 0 Å². The molecule has 1 saturated heterocycles. The molecule has 0 radical (unpaired) electrons. The van der Waals surface area contributed by atoms with Crippen LogP contribution >= 0.6 is 0 Å². The van der Waals surface area contributed by atoms with Crippen molar-refractivity contribution in [2.45, 2.75) is 66.1 Å². The first-order valence-electron chi connectivity index (χ1n) is 7.81. The molecule has 0 aliphatic carbocycles. The molecule has 1 aliphatic rings. The molecule has 0 bridgehead atoms. The lowest BCUT2D eigenvalue weighted by molar-refractivity contribution is 0.00578.